The summed E-state index contributed by atoms with van der Waals surface area (Å²) in [6.45, 7) is 1.95. The lowest BCUT2D eigenvalue weighted by Crippen LogP contribution is -2.45. The number of likely N-dealkylation sites (tertiary alicyclic amines) is 1. The van der Waals surface area contributed by atoms with E-state index in [1.54, 1.807) is 17.0 Å². The highest BCUT2D eigenvalue weighted by Gasteiger charge is 2.33. The molecule has 1 aromatic carbocycles. The van der Waals surface area contributed by atoms with Crippen LogP contribution < -0.4 is 4.90 Å². The van der Waals surface area contributed by atoms with Crippen LogP contribution in [0.2, 0.25) is 0 Å². The number of para-hydroxylation sites is 1. The van der Waals surface area contributed by atoms with Crippen molar-refractivity contribution in [2.24, 2.45) is 11.8 Å². The summed E-state index contributed by atoms with van der Waals surface area (Å²) in [6.07, 6.45) is 3.20. The van der Waals surface area contributed by atoms with Crippen molar-refractivity contribution in [2.45, 2.75) is 19.3 Å². The van der Waals surface area contributed by atoms with Crippen LogP contribution in [0.3, 0.4) is 0 Å². The molecule has 2 atom stereocenters. The number of furan rings is 1. The average molecular weight is 370 g/mol. The molecule has 0 radical (unpaired) electrons. The number of hydrogen-bond acceptors (Lipinski definition) is 4. The van der Waals surface area contributed by atoms with Gasteiger partial charge in [0.2, 0.25) is 0 Å². The van der Waals surface area contributed by atoms with Crippen LogP contribution in [0, 0.1) is 11.8 Å². The molecule has 1 N–H and O–H groups in total. The third kappa shape index (κ3) is 4.90. The van der Waals surface area contributed by atoms with E-state index in [1.807, 2.05) is 25.2 Å². The van der Waals surface area contributed by atoms with Crippen molar-refractivity contribution in [3.8, 4) is 0 Å². The zero-order valence-electron chi connectivity index (χ0n) is 15.6. The van der Waals surface area contributed by atoms with Gasteiger partial charge in [-0.2, -0.15) is 0 Å². The van der Waals surface area contributed by atoms with Gasteiger partial charge in [-0.25, -0.2) is 0 Å². The van der Waals surface area contributed by atoms with Gasteiger partial charge >= 0.3 is 5.97 Å². The molecule has 1 aliphatic heterocycles. The molecule has 0 aliphatic carbocycles. The van der Waals surface area contributed by atoms with Crippen molar-refractivity contribution in [3.05, 3.63) is 54.5 Å². The molecule has 0 saturated carbocycles. The second-order valence-electron chi connectivity index (χ2n) is 7.18. The monoisotopic (exact) mass is 370 g/mol. The molecule has 0 spiro atoms. The Morgan fingerprint density at radius 2 is 1.96 bits per heavy atom. The molecule has 6 nitrogen and oxygen atoms in total. The van der Waals surface area contributed by atoms with Crippen molar-refractivity contribution >= 4 is 17.6 Å². The SMILES string of the molecule is CN(CCC1CN(C(=O)c2ccco2)CCC1CC(=O)O)c1ccccc1. The van der Waals surface area contributed by atoms with Crippen LogP contribution >= 0.6 is 0 Å². The fourth-order valence-electron chi connectivity index (χ4n) is 3.81. The van der Waals surface area contributed by atoms with E-state index in [-0.39, 0.29) is 24.2 Å². The van der Waals surface area contributed by atoms with Crippen molar-refractivity contribution in [1.29, 1.82) is 0 Å². The van der Waals surface area contributed by atoms with Gasteiger partial charge in [-0.1, -0.05) is 18.2 Å². The molecule has 0 bridgehead atoms. The second kappa shape index (κ2) is 8.75. The van der Waals surface area contributed by atoms with E-state index < -0.39 is 5.97 Å². The molecule has 3 rings (SSSR count). The Bertz CT molecular complexity index is 745. The van der Waals surface area contributed by atoms with Gasteiger partial charge in [0.1, 0.15) is 0 Å². The summed E-state index contributed by atoms with van der Waals surface area (Å²) in [5.74, 6) is -0.304. The van der Waals surface area contributed by atoms with E-state index in [0.29, 0.717) is 25.3 Å². The number of amides is 1. The molecule has 1 amide bonds. The largest absolute Gasteiger partial charge is 0.481 e. The van der Waals surface area contributed by atoms with Crippen LogP contribution in [0.1, 0.15) is 29.8 Å². The van der Waals surface area contributed by atoms with Crippen molar-refractivity contribution in [2.75, 3.05) is 31.6 Å². The standard InChI is InChI=1S/C21H26N2O4/c1-22(18-6-3-2-4-7-18)11-9-17-15-23(12-10-16(17)14-20(24)25)21(26)19-8-5-13-27-19/h2-8,13,16-17H,9-12,14-15H2,1H3,(H,24,25). The lowest BCUT2D eigenvalue weighted by Gasteiger charge is -2.38. The van der Waals surface area contributed by atoms with Gasteiger partial charge in [-0.15, -0.1) is 0 Å². The van der Waals surface area contributed by atoms with E-state index in [1.165, 1.54) is 6.26 Å². The Morgan fingerprint density at radius 3 is 2.63 bits per heavy atom. The third-order valence-electron chi connectivity index (χ3n) is 5.38. The first-order valence-corrected chi connectivity index (χ1v) is 9.35. The lowest BCUT2D eigenvalue weighted by molar-refractivity contribution is -0.139. The van der Waals surface area contributed by atoms with Crippen LogP contribution in [-0.2, 0) is 4.79 Å². The number of carbonyl (C=O) groups excluding carboxylic acids is 1. The van der Waals surface area contributed by atoms with Crippen molar-refractivity contribution < 1.29 is 19.1 Å². The van der Waals surface area contributed by atoms with Crippen molar-refractivity contribution in [3.63, 3.8) is 0 Å². The minimum Gasteiger partial charge on any atom is -0.481 e. The molecule has 2 heterocycles. The molecule has 1 aromatic heterocycles. The van der Waals surface area contributed by atoms with Gasteiger partial charge in [-0.05, 0) is 48.9 Å². The topological polar surface area (TPSA) is 74.0 Å². The highest BCUT2D eigenvalue weighted by atomic mass is 16.4. The number of carbonyl (C=O) groups is 2. The summed E-state index contributed by atoms with van der Waals surface area (Å²) < 4.78 is 5.24. The summed E-state index contributed by atoms with van der Waals surface area (Å²) in [4.78, 5) is 27.8. The molecule has 1 fully saturated rings. The summed E-state index contributed by atoms with van der Waals surface area (Å²) in [5, 5.41) is 9.26. The number of piperidine rings is 1. The van der Waals surface area contributed by atoms with E-state index in [0.717, 1.165) is 18.7 Å². The fourth-order valence-corrected chi connectivity index (χ4v) is 3.81. The molecule has 27 heavy (non-hydrogen) atoms. The van der Waals surface area contributed by atoms with E-state index in [2.05, 4.69) is 17.0 Å². The van der Waals surface area contributed by atoms with Crippen LogP contribution in [0.25, 0.3) is 0 Å². The number of rotatable bonds is 7. The lowest BCUT2D eigenvalue weighted by atomic mass is 9.81. The van der Waals surface area contributed by atoms with E-state index in [4.69, 9.17) is 4.42 Å². The van der Waals surface area contributed by atoms with Gasteiger partial charge in [-0.3, -0.25) is 9.59 Å². The predicted molar refractivity (Wildman–Crippen MR) is 103 cm³/mol. The van der Waals surface area contributed by atoms with Crippen LogP contribution in [0.15, 0.2) is 53.1 Å². The zero-order valence-corrected chi connectivity index (χ0v) is 15.6. The molecule has 144 valence electrons. The molecule has 2 aromatic rings. The molecule has 2 unspecified atom stereocenters. The predicted octanol–water partition coefficient (Wildman–Crippen LogP) is 3.36. The number of nitrogens with zero attached hydrogens (tertiary/aromatic N) is 2. The first-order chi connectivity index (χ1) is 13.0. The van der Waals surface area contributed by atoms with Gasteiger partial charge in [0.15, 0.2) is 5.76 Å². The van der Waals surface area contributed by atoms with Crippen LogP contribution in [0.5, 0.6) is 0 Å². The maximum absolute atomic E-state index is 12.6. The number of benzene rings is 1. The Hall–Kier alpha value is -2.76. The number of anilines is 1. The highest BCUT2D eigenvalue weighted by Crippen LogP contribution is 2.30. The Labute approximate surface area is 159 Å². The number of carboxylic acids is 1. The highest BCUT2D eigenvalue weighted by molar-refractivity contribution is 5.91. The molecular formula is C21H26N2O4. The summed E-state index contributed by atoms with van der Waals surface area (Å²) in [6, 6.07) is 13.5. The van der Waals surface area contributed by atoms with Gasteiger partial charge < -0.3 is 19.3 Å². The quantitative estimate of drug-likeness (QED) is 0.809. The van der Waals surface area contributed by atoms with Gasteiger partial charge in [0.25, 0.3) is 5.91 Å². The number of carboxylic acid groups (broad SMARTS) is 1. The average Bonchev–Trinajstić information content (AvgIpc) is 3.21. The van der Waals surface area contributed by atoms with Gasteiger partial charge in [0, 0.05) is 38.8 Å². The Morgan fingerprint density at radius 1 is 1.19 bits per heavy atom. The molecular weight excluding hydrogens is 344 g/mol. The first-order valence-electron chi connectivity index (χ1n) is 9.35. The number of hydrogen-bond donors (Lipinski definition) is 1. The maximum atomic E-state index is 12.6. The third-order valence-corrected chi connectivity index (χ3v) is 5.38. The molecule has 1 aliphatic rings. The summed E-state index contributed by atoms with van der Waals surface area (Å²) in [5.41, 5.74) is 1.13. The Balaban J connectivity index is 1.65. The number of aliphatic carboxylic acids is 1. The van der Waals surface area contributed by atoms with Crippen LogP contribution in [-0.4, -0.2) is 48.6 Å². The van der Waals surface area contributed by atoms with Crippen molar-refractivity contribution in [1.82, 2.24) is 4.90 Å². The van der Waals surface area contributed by atoms with E-state index >= 15 is 0 Å². The summed E-state index contributed by atoms with van der Waals surface area (Å²) >= 11 is 0. The zero-order chi connectivity index (χ0) is 19.2. The Kier molecular flexibility index (Phi) is 6.16. The smallest absolute Gasteiger partial charge is 0.303 e. The molecule has 6 heteroatoms. The maximum Gasteiger partial charge on any atom is 0.303 e. The minimum absolute atomic E-state index is 0.0901. The molecule has 1 saturated heterocycles. The van der Waals surface area contributed by atoms with Crippen LogP contribution in [0.4, 0.5) is 5.69 Å². The second-order valence-corrected chi connectivity index (χ2v) is 7.18. The fraction of sp³-hybridized carbons (Fsp3) is 0.429. The first kappa shape index (κ1) is 19.0. The minimum atomic E-state index is -0.771. The normalized spacial score (nSPS) is 19.7. The van der Waals surface area contributed by atoms with E-state index in [9.17, 15) is 14.7 Å². The van der Waals surface area contributed by atoms with Gasteiger partial charge in [0.05, 0.1) is 6.26 Å². The summed E-state index contributed by atoms with van der Waals surface area (Å²) in [7, 11) is 2.04.